The number of hydrogen-bond donors (Lipinski definition) is 1. The fraction of sp³-hybridized carbons (Fsp3) is 0.409. The van der Waals surface area contributed by atoms with Gasteiger partial charge in [0.05, 0.1) is 17.0 Å². The molecule has 156 valence electrons. The first-order valence-corrected chi connectivity index (χ1v) is 11.5. The second-order valence-electron chi connectivity index (χ2n) is 8.85. The minimum atomic E-state index is -3.68. The number of pyridine rings is 2. The number of nitrogens with one attached hydrogen (secondary N) is 1. The highest BCUT2D eigenvalue weighted by Crippen LogP contribution is 2.41. The van der Waals surface area contributed by atoms with Crippen molar-refractivity contribution in [3.63, 3.8) is 0 Å². The van der Waals surface area contributed by atoms with Crippen LogP contribution in [0.4, 0.5) is 0 Å². The average molecular weight is 424 g/mol. The molecule has 1 fully saturated rings. The molecule has 7 nitrogen and oxygen atoms in total. The number of sulfonamides is 1. The highest BCUT2D eigenvalue weighted by molar-refractivity contribution is 7.89. The molecule has 0 unspecified atom stereocenters. The molecule has 0 saturated heterocycles. The molecule has 1 aliphatic rings. The summed E-state index contributed by atoms with van der Waals surface area (Å²) in [6.07, 6.45) is 4.55. The number of aromatic nitrogens is 3. The first-order chi connectivity index (χ1) is 14.1. The van der Waals surface area contributed by atoms with Crippen molar-refractivity contribution in [1.29, 1.82) is 5.26 Å². The summed E-state index contributed by atoms with van der Waals surface area (Å²) < 4.78 is 30.0. The molecule has 3 aromatic heterocycles. The summed E-state index contributed by atoms with van der Waals surface area (Å²) in [5.74, 6) is 0. The Kier molecular flexibility index (Phi) is 4.91. The fourth-order valence-electron chi connectivity index (χ4n) is 3.78. The largest absolute Gasteiger partial charge is 0.320 e. The van der Waals surface area contributed by atoms with E-state index < -0.39 is 15.6 Å². The lowest BCUT2D eigenvalue weighted by Crippen LogP contribution is -2.40. The molecule has 8 heteroatoms. The Balaban J connectivity index is 1.87. The maximum absolute atomic E-state index is 12.6. The molecule has 1 saturated carbocycles. The second-order valence-corrected chi connectivity index (χ2v) is 10.5. The van der Waals surface area contributed by atoms with Crippen LogP contribution in [-0.4, -0.2) is 28.5 Å². The summed E-state index contributed by atoms with van der Waals surface area (Å²) in [5.41, 5.74) is 2.90. The van der Waals surface area contributed by atoms with Crippen LogP contribution in [-0.2, 0) is 10.0 Å². The molecule has 0 amide bonds. The van der Waals surface area contributed by atoms with Gasteiger partial charge in [0.2, 0.25) is 10.0 Å². The zero-order valence-corrected chi connectivity index (χ0v) is 18.4. The third-order valence-corrected chi connectivity index (χ3v) is 7.01. The number of hydrogen-bond acceptors (Lipinski definition) is 5. The van der Waals surface area contributed by atoms with Crippen LogP contribution in [0.25, 0.3) is 22.4 Å². The molecular weight excluding hydrogens is 398 g/mol. The van der Waals surface area contributed by atoms with Gasteiger partial charge in [-0.15, -0.1) is 0 Å². The predicted molar refractivity (Wildman–Crippen MR) is 115 cm³/mol. The van der Waals surface area contributed by atoms with Crippen LogP contribution in [0, 0.1) is 18.3 Å². The normalized spacial score (nSPS) is 15.2. The first kappa shape index (κ1) is 20.5. The number of aryl methyl sites for hydroxylation is 1. The van der Waals surface area contributed by atoms with Crippen molar-refractivity contribution in [1.82, 2.24) is 19.3 Å². The van der Waals surface area contributed by atoms with Crippen molar-refractivity contribution >= 4 is 21.1 Å². The Morgan fingerprint density at radius 3 is 2.47 bits per heavy atom. The molecule has 3 heterocycles. The van der Waals surface area contributed by atoms with Gasteiger partial charge in [-0.05, 0) is 71.2 Å². The molecule has 0 aromatic carbocycles. The molecule has 4 rings (SSSR count). The van der Waals surface area contributed by atoms with E-state index in [2.05, 4.69) is 20.3 Å². The molecule has 30 heavy (non-hydrogen) atoms. The Labute approximate surface area is 176 Å². The number of nitrogens with zero attached hydrogens (tertiary/aromatic N) is 4. The lowest BCUT2D eigenvalue weighted by Gasteiger charge is -2.29. The van der Waals surface area contributed by atoms with Crippen molar-refractivity contribution in [3.05, 3.63) is 41.7 Å². The molecular formula is C22H25N5O2S. The lowest BCUT2D eigenvalue weighted by molar-refractivity contribution is 0.322. The van der Waals surface area contributed by atoms with Crippen molar-refractivity contribution in [3.8, 4) is 17.5 Å². The molecule has 0 spiro atoms. The summed E-state index contributed by atoms with van der Waals surface area (Å²) in [6.45, 7) is 7.30. The standard InChI is InChI=1S/C22H25N5O2S/c1-14-8-10-17-18(12-23)20(27(21(17)25-14)15-6-5-7-15)19-11-9-16(13-24-19)30(28,29)26-22(2,3)4/h8-11,13,15,26H,5-7H2,1-4H3. The van der Waals surface area contributed by atoms with E-state index in [0.29, 0.717) is 17.0 Å². The van der Waals surface area contributed by atoms with Gasteiger partial charge in [0, 0.05) is 28.9 Å². The van der Waals surface area contributed by atoms with E-state index in [-0.39, 0.29) is 10.9 Å². The van der Waals surface area contributed by atoms with Crippen LogP contribution < -0.4 is 4.72 Å². The van der Waals surface area contributed by atoms with E-state index in [4.69, 9.17) is 4.98 Å². The quantitative estimate of drug-likeness (QED) is 0.681. The van der Waals surface area contributed by atoms with E-state index in [1.54, 1.807) is 32.9 Å². The summed E-state index contributed by atoms with van der Waals surface area (Å²) in [4.78, 5) is 9.26. The van der Waals surface area contributed by atoms with E-state index in [1.807, 2.05) is 19.1 Å². The minimum Gasteiger partial charge on any atom is -0.320 e. The van der Waals surface area contributed by atoms with Gasteiger partial charge in [-0.2, -0.15) is 5.26 Å². The van der Waals surface area contributed by atoms with Crippen LogP contribution in [0.2, 0.25) is 0 Å². The van der Waals surface area contributed by atoms with Gasteiger partial charge in [0.15, 0.2) is 0 Å². The SMILES string of the molecule is Cc1ccc2c(C#N)c(-c3ccc(S(=O)(=O)NC(C)(C)C)cn3)n(C3CCC3)c2n1. The minimum absolute atomic E-state index is 0.0972. The van der Waals surface area contributed by atoms with Gasteiger partial charge < -0.3 is 4.57 Å². The highest BCUT2D eigenvalue weighted by atomic mass is 32.2. The van der Waals surface area contributed by atoms with Crippen molar-refractivity contribution in [2.24, 2.45) is 0 Å². The van der Waals surface area contributed by atoms with Crippen molar-refractivity contribution in [2.45, 2.75) is 63.4 Å². The van der Waals surface area contributed by atoms with Crippen LogP contribution in [0.5, 0.6) is 0 Å². The average Bonchev–Trinajstić information content (AvgIpc) is 2.92. The Hall–Kier alpha value is -2.76. The van der Waals surface area contributed by atoms with Crippen molar-refractivity contribution in [2.75, 3.05) is 0 Å². The van der Waals surface area contributed by atoms with E-state index in [0.717, 1.165) is 36.0 Å². The summed E-state index contributed by atoms with van der Waals surface area (Å²) >= 11 is 0. The molecule has 0 aliphatic heterocycles. The predicted octanol–water partition coefficient (Wildman–Crippen LogP) is 4.08. The van der Waals surface area contributed by atoms with Gasteiger partial charge >= 0.3 is 0 Å². The fourth-order valence-corrected chi connectivity index (χ4v) is 5.14. The third kappa shape index (κ3) is 3.59. The van der Waals surface area contributed by atoms with Crippen molar-refractivity contribution < 1.29 is 8.42 Å². The molecule has 0 radical (unpaired) electrons. The van der Waals surface area contributed by atoms with E-state index in [1.165, 1.54) is 6.20 Å². The Morgan fingerprint density at radius 2 is 1.93 bits per heavy atom. The third-order valence-electron chi connectivity index (χ3n) is 5.27. The maximum atomic E-state index is 12.6. The topological polar surface area (TPSA) is 101 Å². The lowest BCUT2D eigenvalue weighted by atomic mass is 9.92. The molecule has 1 N–H and O–H groups in total. The van der Waals surface area contributed by atoms with Crippen LogP contribution >= 0.6 is 0 Å². The second kappa shape index (κ2) is 7.18. The van der Waals surface area contributed by atoms with Crippen LogP contribution in [0.15, 0.2) is 35.4 Å². The zero-order valence-electron chi connectivity index (χ0n) is 17.6. The number of nitriles is 1. The van der Waals surface area contributed by atoms with Gasteiger partial charge in [0.25, 0.3) is 0 Å². The first-order valence-electron chi connectivity index (χ1n) is 10.0. The van der Waals surface area contributed by atoms with Gasteiger partial charge in [-0.1, -0.05) is 0 Å². The molecule has 1 aliphatic carbocycles. The van der Waals surface area contributed by atoms with E-state index >= 15 is 0 Å². The monoisotopic (exact) mass is 423 g/mol. The number of fused-ring (bicyclic) bond motifs is 1. The summed E-state index contributed by atoms with van der Waals surface area (Å²) in [5, 5.41) is 10.7. The highest BCUT2D eigenvalue weighted by Gasteiger charge is 2.29. The Morgan fingerprint density at radius 1 is 1.20 bits per heavy atom. The van der Waals surface area contributed by atoms with Gasteiger partial charge in [0.1, 0.15) is 16.6 Å². The van der Waals surface area contributed by atoms with Gasteiger partial charge in [-0.3, -0.25) is 4.98 Å². The van der Waals surface area contributed by atoms with Crippen LogP contribution in [0.1, 0.15) is 57.3 Å². The van der Waals surface area contributed by atoms with Crippen LogP contribution in [0.3, 0.4) is 0 Å². The molecule has 0 bridgehead atoms. The zero-order chi connectivity index (χ0) is 21.7. The molecule has 3 aromatic rings. The summed E-state index contributed by atoms with van der Waals surface area (Å²) in [6, 6.07) is 9.64. The van der Waals surface area contributed by atoms with E-state index in [9.17, 15) is 13.7 Å². The maximum Gasteiger partial charge on any atom is 0.242 e. The summed E-state index contributed by atoms with van der Waals surface area (Å²) in [7, 11) is -3.68. The van der Waals surface area contributed by atoms with Gasteiger partial charge in [-0.25, -0.2) is 18.1 Å². The Bertz CT molecular complexity index is 1260. The smallest absolute Gasteiger partial charge is 0.242 e. The number of rotatable bonds is 4. The molecule has 0 atom stereocenters.